The summed E-state index contributed by atoms with van der Waals surface area (Å²) in [4.78, 5) is 5.48. The van der Waals surface area contributed by atoms with Crippen molar-refractivity contribution in [1.82, 2.24) is 4.98 Å². The van der Waals surface area contributed by atoms with Crippen molar-refractivity contribution in [3.63, 3.8) is 0 Å². The fourth-order valence-corrected chi connectivity index (χ4v) is 4.17. The minimum Gasteiger partial charge on any atom is -0.439 e. The SMILES string of the molecule is CC(C)(C)c1nc2ccc(Cl)c(SC3CCCC3O)c2o1. The summed E-state index contributed by atoms with van der Waals surface area (Å²) >= 11 is 7.99. The van der Waals surface area contributed by atoms with Crippen LogP contribution in [-0.4, -0.2) is 21.4 Å². The van der Waals surface area contributed by atoms with Crippen molar-refractivity contribution in [2.45, 2.75) is 61.7 Å². The smallest absolute Gasteiger partial charge is 0.200 e. The summed E-state index contributed by atoms with van der Waals surface area (Å²) in [5, 5.41) is 10.9. The molecule has 21 heavy (non-hydrogen) atoms. The molecule has 1 aromatic carbocycles. The fourth-order valence-electron chi connectivity index (χ4n) is 2.57. The predicted octanol–water partition coefficient (Wildman–Crippen LogP) is 4.78. The topological polar surface area (TPSA) is 46.3 Å². The van der Waals surface area contributed by atoms with Crippen LogP contribution >= 0.6 is 23.4 Å². The van der Waals surface area contributed by atoms with E-state index in [1.54, 1.807) is 11.8 Å². The molecule has 1 heterocycles. The van der Waals surface area contributed by atoms with Crippen LogP contribution in [0, 0.1) is 0 Å². The first-order chi connectivity index (χ1) is 9.86. The van der Waals surface area contributed by atoms with Gasteiger partial charge in [-0.25, -0.2) is 4.98 Å². The molecular formula is C16H20ClNO2S. The summed E-state index contributed by atoms with van der Waals surface area (Å²) in [5.41, 5.74) is 1.44. The van der Waals surface area contributed by atoms with Crippen LogP contribution < -0.4 is 0 Å². The van der Waals surface area contributed by atoms with E-state index in [1.807, 2.05) is 12.1 Å². The second-order valence-electron chi connectivity index (χ2n) is 6.65. The van der Waals surface area contributed by atoms with Crippen LogP contribution in [0.5, 0.6) is 0 Å². The third-order valence-corrected chi connectivity index (χ3v) is 5.71. The Bertz CT molecular complexity index is 662. The molecule has 1 fully saturated rings. The molecule has 2 atom stereocenters. The van der Waals surface area contributed by atoms with Gasteiger partial charge in [0.05, 0.1) is 16.0 Å². The molecule has 0 radical (unpaired) electrons. The van der Waals surface area contributed by atoms with Crippen molar-refractivity contribution in [3.05, 3.63) is 23.0 Å². The summed E-state index contributed by atoms with van der Waals surface area (Å²) in [6, 6.07) is 3.76. The summed E-state index contributed by atoms with van der Waals surface area (Å²) in [7, 11) is 0. The average Bonchev–Trinajstić information content (AvgIpc) is 2.99. The van der Waals surface area contributed by atoms with Crippen LogP contribution in [0.2, 0.25) is 5.02 Å². The number of oxazole rings is 1. The van der Waals surface area contributed by atoms with Crippen LogP contribution in [0.3, 0.4) is 0 Å². The number of nitrogens with zero attached hydrogens (tertiary/aromatic N) is 1. The number of fused-ring (bicyclic) bond motifs is 1. The lowest BCUT2D eigenvalue weighted by atomic mass is 9.97. The molecule has 1 aliphatic rings. The monoisotopic (exact) mass is 325 g/mol. The first-order valence-corrected chi connectivity index (χ1v) is 8.56. The Balaban J connectivity index is 2.03. The van der Waals surface area contributed by atoms with Gasteiger partial charge in [-0.05, 0) is 31.4 Å². The number of hydrogen-bond donors (Lipinski definition) is 1. The first-order valence-electron chi connectivity index (χ1n) is 7.30. The lowest BCUT2D eigenvalue weighted by Gasteiger charge is -2.15. The van der Waals surface area contributed by atoms with E-state index in [1.165, 1.54) is 0 Å². The maximum atomic E-state index is 10.0. The highest BCUT2D eigenvalue weighted by Crippen LogP contribution is 2.42. The van der Waals surface area contributed by atoms with Crippen LogP contribution in [0.1, 0.15) is 45.9 Å². The Labute approximate surface area is 134 Å². The van der Waals surface area contributed by atoms with Crippen molar-refractivity contribution in [3.8, 4) is 0 Å². The maximum absolute atomic E-state index is 10.0. The highest BCUT2D eigenvalue weighted by molar-refractivity contribution is 8.00. The molecule has 0 aliphatic heterocycles. The minimum absolute atomic E-state index is 0.139. The van der Waals surface area contributed by atoms with Crippen LogP contribution in [0.4, 0.5) is 0 Å². The molecular weight excluding hydrogens is 306 g/mol. The maximum Gasteiger partial charge on any atom is 0.200 e. The average molecular weight is 326 g/mol. The Morgan fingerprint density at radius 3 is 2.71 bits per heavy atom. The van der Waals surface area contributed by atoms with E-state index in [2.05, 4.69) is 25.8 Å². The van der Waals surface area contributed by atoms with E-state index in [-0.39, 0.29) is 16.8 Å². The number of hydrogen-bond acceptors (Lipinski definition) is 4. The molecule has 1 aliphatic carbocycles. The quantitative estimate of drug-likeness (QED) is 0.862. The predicted molar refractivity (Wildman–Crippen MR) is 87.2 cm³/mol. The van der Waals surface area contributed by atoms with Crippen LogP contribution in [0.25, 0.3) is 11.1 Å². The Kier molecular flexibility index (Phi) is 3.97. The standard InChI is InChI=1S/C16H20ClNO2S/c1-16(2,3)15-18-10-8-7-9(17)14(13(10)20-15)21-12-6-4-5-11(12)19/h7-8,11-12,19H,4-6H2,1-3H3. The molecule has 3 nitrogen and oxygen atoms in total. The number of thioether (sulfide) groups is 1. The Morgan fingerprint density at radius 1 is 1.33 bits per heavy atom. The number of aliphatic hydroxyl groups excluding tert-OH is 1. The molecule has 3 rings (SSSR count). The van der Waals surface area contributed by atoms with E-state index in [0.717, 1.165) is 35.3 Å². The lowest BCUT2D eigenvalue weighted by Crippen LogP contribution is -2.14. The van der Waals surface area contributed by atoms with E-state index >= 15 is 0 Å². The number of benzene rings is 1. The zero-order valence-electron chi connectivity index (χ0n) is 12.5. The van der Waals surface area contributed by atoms with E-state index in [9.17, 15) is 5.11 Å². The van der Waals surface area contributed by atoms with Gasteiger partial charge in [0.25, 0.3) is 0 Å². The fraction of sp³-hybridized carbons (Fsp3) is 0.562. The molecule has 5 heteroatoms. The van der Waals surface area contributed by atoms with Gasteiger partial charge in [-0.2, -0.15) is 0 Å². The summed E-state index contributed by atoms with van der Waals surface area (Å²) < 4.78 is 5.99. The number of aliphatic hydroxyl groups is 1. The molecule has 114 valence electrons. The van der Waals surface area contributed by atoms with Crippen molar-refractivity contribution in [1.29, 1.82) is 0 Å². The summed E-state index contributed by atoms with van der Waals surface area (Å²) in [6.45, 7) is 6.23. The molecule has 1 aromatic heterocycles. The van der Waals surface area contributed by atoms with Crippen LogP contribution in [0.15, 0.2) is 21.4 Å². The molecule has 2 unspecified atom stereocenters. The molecule has 0 spiro atoms. The lowest BCUT2D eigenvalue weighted by molar-refractivity contribution is 0.188. The van der Waals surface area contributed by atoms with Crippen LogP contribution in [-0.2, 0) is 5.41 Å². The number of aromatic nitrogens is 1. The van der Waals surface area contributed by atoms with Gasteiger partial charge < -0.3 is 9.52 Å². The summed E-state index contributed by atoms with van der Waals surface area (Å²) in [5.74, 6) is 0.716. The third-order valence-electron chi connectivity index (χ3n) is 3.79. The molecule has 2 aromatic rings. The van der Waals surface area contributed by atoms with Gasteiger partial charge in [-0.1, -0.05) is 32.4 Å². The van der Waals surface area contributed by atoms with Crippen molar-refractivity contribution in [2.24, 2.45) is 0 Å². The van der Waals surface area contributed by atoms with Crippen molar-refractivity contribution >= 4 is 34.5 Å². The van der Waals surface area contributed by atoms with Gasteiger partial charge in [-0.15, -0.1) is 11.8 Å². The van der Waals surface area contributed by atoms with Gasteiger partial charge in [0.15, 0.2) is 5.58 Å². The van der Waals surface area contributed by atoms with Crippen molar-refractivity contribution < 1.29 is 9.52 Å². The first kappa shape index (κ1) is 15.2. The van der Waals surface area contributed by atoms with Gasteiger partial charge >= 0.3 is 0 Å². The zero-order chi connectivity index (χ0) is 15.2. The molecule has 1 N–H and O–H groups in total. The third kappa shape index (κ3) is 2.94. The highest BCUT2D eigenvalue weighted by Gasteiger charge is 2.29. The zero-order valence-corrected chi connectivity index (χ0v) is 14.1. The van der Waals surface area contributed by atoms with Gasteiger partial charge in [0, 0.05) is 10.7 Å². The van der Waals surface area contributed by atoms with Gasteiger partial charge in [0.2, 0.25) is 5.89 Å². The van der Waals surface area contributed by atoms with E-state index in [4.69, 9.17) is 16.0 Å². The molecule has 0 bridgehead atoms. The summed E-state index contributed by atoms with van der Waals surface area (Å²) in [6.07, 6.45) is 2.69. The minimum atomic E-state index is -0.258. The molecule has 0 amide bonds. The highest BCUT2D eigenvalue weighted by atomic mass is 35.5. The van der Waals surface area contributed by atoms with E-state index in [0.29, 0.717) is 10.9 Å². The van der Waals surface area contributed by atoms with E-state index < -0.39 is 0 Å². The normalized spacial score (nSPS) is 23.1. The second kappa shape index (κ2) is 5.49. The Morgan fingerprint density at radius 2 is 2.10 bits per heavy atom. The largest absolute Gasteiger partial charge is 0.439 e. The molecule has 0 saturated heterocycles. The van der Waals surface area contributed by atoms with Gasteiger partial charge in [0.1, 0.15) is 5.52 Å². The van der Waals surface area contributed by atoms with Crippen molar-refractivity contribution in [2.75, 3.05) is 0 Å². The van der Waals surface area contributed by atoms with Gasteiger partial charge in [-0.3, -0.25) is 0 Å². The Hall–Kier alpha value is -0.710. The number of halogens is 1. The number of rotatable bonds is 2. The second-order valence-corrected chi connectivity index (χ2v) is 8.30. The molecule has 1 saturated carbocycles.